The number of benzene rings is 2. The quantitative estimate of drug-likeness (QED) is 0.607. The molecule has 0 saturated carbocycles. The molecule has 5 nitrogen and oxygen atoms in total. The highest BCUT2D eigenvalue weighted by Gasteiger charge is 2.45. The fraction of sp³-hybridized carbons (Fsp3) is 0.435. The number of hydrogen-bond acceptors (Lipinski definition) is 4. The van der Waals surface area contributed by atoms with Crippen LogP contribution >= 0.6 is 11.6 Å². The number of halogens is 1. The molecule has 0 spiro atoms. The van der Waals surface area contributed by atoms with E-state index in [2.05, 4.69) is 0 Å². The van der Waals surface area contributed by atoms with Gasteiger partial charge in [-0.15, -0.1) is 0 Å². The Morgan fingerprint density at radius 3 is 2.21 bits per heavy atom. The molecule has 0 unspecified atom stereocenters. The summed E-state index contributed by atoms with van der Waals surface area (Å²) in [5.41, 5.74) is -0.167. The fourth-order valence-corrected chi connectivity index (χ4v) is 3.44. The van der Waals surface area contributed by atoms with E-state index >= 15 is 0 Å². The van der Waals surface area contributed by atoms with Crippen LogP contribution in [0.4, 0.5) is 4.79 Å². The Bertz CT molecular complexity index is 841. The van der Waals surface area contributed by atoms with Crippen LogP contribution in [-0.4, -0.2) is 35.0 Å². The maximum absolute atomic E-state index is 12.8. The average Bonchev–Trinajstić information content (AvgIpc) is 2.91. The highest BCUT2D eigenvalue weighted by atomic mass is 35.5. The van der Waals surface area contributed by atoms with Crippen LogP contribution in [0.2, 0.25) is 5.02 Å². The third-order valence-electron chi connectivity index (χ3n) is 4.61. The summed E-state index contributed by atoms with van der Waals surface area (Å²) in [5, 5.41) is 0.670. The lowest BCUT2D eigenvalue weighted by atomic mass is 10.0. The minimum absolute atomic E-state index is 0.0946. The van der Waals surface area contributed by atoms with Crippen molar-refractivity contribution in [3.63, 3.8) is 0 Å². The Balaban J connectivity index is 1.68. The second kappa shape index (κ2) is 8.25. The smallest absolute Gasteiger partial charge is 0.412 e. The van der Waals surface area contributed by atoms with Gasteiger partial charge in [0.05, 0.1) is 12.6 Å². The number of carbonyl (C=O) groups excluding carboxylic acids is 1. The summed E-state index contributed by atoms with van der Waals surface area (Å²) >= 11 is 5.90. The Morgan fingerprint density at radius 2 is 1.66 bits per heavy atom. The lowest BCUT2D eigenvalue weighted by molar-refractivity contribution is -0.0624. The summed E-state index contributed by atoms with van der Waals surface area (Å²) in [6.07, 6.45) is 0.317. The molecule has 1 atom stereocenters. The highest BCUT2D eigenvalue weighted by Crippen LogP contribution is 2.31. The molecule has 1 aliphatic rings. The summed E-state index contributed by atoms with van der Waals surface area (Å²) in [6, 6.07) is 15.0. The third-order valence-corrected chi connectivity index (χ3v) is 4.86. The standard InChI is InChI=1S/C23H28ClNO4/c1-22(2,3)29-21(26)25-18(15-27-23(25,4)5)14-16-6-10-19(11-7-16)28-20-12-8-17(24)9-13-20/h6-13,18H,14-15H2,1-5H3/t18-/m0/s1. The molecule has 6 heteroatoms. The van der Waals surface area contributed by atoms with E-state index in [1.807, 2.05) is 71.0 Å². The van der Waals surface area contributed by atoms with E-state index in [9.17, 15) is 4.79 Å². The van der Waals surface area contributed by atoms with E-state index in [0.29, 0.717) is 18.1 Å². The first kappa shape index (κ1) is 21.5. The number of hydrogen-bond donors (Lipinski definition) is 0. The predicted octanol–water partition coefficient (Wildman–Crippen LogP) is 6.05. The molecule has 3 rings (SSSR count). The molecule has 1 fully saturated rings. The molecule has 0 radical (unpaired) electrons. The largest absolute Gasteiger partial charge is 0.457 e. The molecule has 0 N–H and O–H groups in total. The number of ether oxygens (including phenoxy) is 3. The lowest BCUT2D eigenvalue weighted by Crippen LogP contribution is -2.50. The zero-order chi connectivity index (χ0) is 21.2. The second-order valence-corrected chi connectivity index (χ2v) is 9.10. The van der Waals surface area contributed by atoms with E-state index in [-0.39, 0.29) is 12.1 Å². The van der Waals surface area contributed by atoms with Crippen LogP contribution in [0, 0.1) is 0 Å². The highest BCUT2D eigenvalue weighted by molar-refractivity contribution is 6.30. The fourth-order valence-electron chi connectivity index (χ4n) is 3.32. The Morgan fingerprint density at radius 1 is 1.10 bits per heavy atom. The first-order valence-electron chi connectivity index (χ1n) is 9.72. The molecule has 1 saturated heterocycles. The number of nitrogens with zero attached hydrogens (tertiary/aromatic N) is 1. The van der Waals surface area contributed by atoms with Crippen molar-refractivity contribution in [1.29, 1.82) is 0 Å². The van der Waals surface area contributed by atoms with Crippen molar-refractivity contribution in [2.45, 2.75) is 58.4 Å². The topological polar surface area (TPSA) is 48.0 Å². The molecule has 0 bridgehead atoms. The van der Waals surface area contributed by atoms with Crippen LogP contribution in [-0.2, 0) is 15.9 Å². The molecule has 0 aliphatic carbocycles. The first-order chi connectivity index (χ1) is 13.5. The molecular weight excluding hydrogens is 390 g/mol. The van der Waals surface area contributed by atoms with Crippen molar-refractivity contribution in [1.82, 2.24) is 4.90 Å². The van der Waals surface area contributed by atoms with Crippen molar-refractivity contribution in [3.8, 4) is 11.5 Å². The molecule has 1 amide bonds. The van der Waals surface area contributed by atoms with Gasteiger partial charge >= 0.3 is 6.09 Å². The first-order valence-corrected chi connectivity index (χ1v) is 10.1. The van der Waals surface area contributed by atoms with Crippen molar-refractivity contribution in [3.05, 3.63) is 59.1 Å². The molecular formula is C23H28ClNO4. The van der Waals surface area contributed by atoms with Gasteiger partial charge in [-0.1, -0.05) is 23.7 Å². The van der Waals surface area contributed by atoms with E-state index in [1.54, 1.807) is 17.0 Å². The van der Waals surface area contributed by atoms with Crippen molar-refractivity contribution in [2.75, 3.05) is 6.61 Å². The molecule has 29 heavy (non-hydrogen) atoms. The van der Waals surface area contributed by atoms with Crippen LogP contribution in [0.1, 0.15) is 40.2 Å². The lowest BCUT2D eigenvalue weighted by Gasteiger charge is -2.35. The van der Waals surface area contributed by atoms with Gasteiger partial charge in [-0.2, -0.15) is 0 Å². The van der Waals surface area contributed by atoms with Crippen LogP contribution in [0.3, 0.4) is 0 Å². The summed E-state index contributed by atoms with van der Waals surface area (Å²) in [7, 11) is 0. The van der Waals surface area contributed by atoms with E-state index in [1.165, 1.54) is 0 Å². The summed E-state index contributed by atoms with van der Waals surface area (Å²) < 4.78 is 17.3. The average molecular weight is 418 g/mol. The molecule has 2 aromatic rings. The van der Waals surface area contributed by atoms with E-state index in [4.69, 9.17) is 25.8 Å². The minimum Gasteiger partial charge on any atom is -0.457 e. The Labute approximate surface area is 177 Å². The van der Waals surface area contributed by atoms with Crippen molar-refractivity contribution in [2.24, 2.45) is 0 Å². The van der Waals surface area contributed by atoms with Gasteiger partial charge in [0.15, 0.2) is 0 Å². The predicted molar refractivity (Wildman–Crippen MR) is 114 cm³/mol. The van der Waals surface area contributed by atoms with E-state index < -0.39 is 11.3 Å². The van der Waals surface area contributed by atoms with Crippen molar-refractivity contribution < 1.29 is 19.0 Å². The van der Waals surface area contributed by atoms with Gasteiger partial charge in [-0.05, 0) is 83.0 Å². The van der Waals surface area contributed by atoms with Gasteiger partial charge in [-0.25, -0.2) is 4.79 Å². The molecule has 1 aliphatic heterocycles. The van der Waals surface area contributed by atoms with Gasteiger partial charge in [0, 0.05) is 5.02 Å². The Hall–Kier alpha value is -2.24. The minimum atomic E-state index is -0.704. The molecule has 2 aromatic carbocycles. The molecule has 1 heterocycles. The summed E-state index contributed by atoms with van der Waals surface area (Å²) in [6.45, 7) is 9.84. The summed E-state index contributed by atoms with van der Waals surface area (Å²) in [4.78, 5) is 14.5. The number of amides is 1. The van der Waals surface area contributed by atoms with Gasteiger partial charge in [-0.3, -0.25) is 4.90 Å². The maximum Gasteiger partial charge on any atom is 0.412 e. The molecule has 156 valence electrons. The monoisotopic (exact) mass is 417 g/mol. The normalized spacial score (nSPS) is 18.6. The maximum atomic E-state index is 12.8. The van der Waals surface area contributed by atoms with Gasteiger partial charge < -0.3 is 14.2 Å². The number of carbonyl (C=O) groups is 1. The SMILES string of the molecule is CC(C)(C)OC(=O)N1[C@@H](Cc2ccc(Oc3ccc(Cl)cc3)cc2)COC1(C)C. The van der Waals surface area contributed by atoms with E-state index in [0.717, 1.165) is 17.1 Å². The Kier molecular flexibility index (Phi) is 6.11. The third kappa shape index (κ3) is 5.64. The van der Waals surface area contributed by atoms with Crippen LogP contribution in [0.15, 0.2) is 48.5 Å². The van der Waals surface area contributed by atoms with Crippen LogP contribution < -0.4 is 4.74 Å². The van der Waals surface area contributed by atoms with Crippen molar-refractivity contribution >= 4 is 17.7 Å². The van der Waals surface area contributed by atoms with Gasteiger partial charge in [0.2, 0.25) is 0 Å². The summed E-state index contributed by atoms with van der Waals surface area (Å²) in [5.74, 6) is 1.47. The second-order valence-electron chi connectivity index (χ2n) is 8.67. The zero-order valence-electron chi connectivity index (χ0n) is 17.6. The van der Waals surface area contributed by atoms with Gasteiger partial charge in [0.25, 0.3) is 0 Å². The van der Waals surface area contributed by atoms with Crippen LogP contribution in [0.5, 0.6) is 11.5 Å². The zero-order valence-corrected chi connectivity index (χ0v) is 18.3. The van der Waals surface area contributed by atoms with Gasteiger partial charge in [0.1, 0.15) is 22.8 Å². The molecule has 0 aromatic heterocycles. The van der Waals surface area contributed by atoms with Crippen LogP contribution in [0.25, 0.3) is 0 Å². The number of rotatable bonds is 4.